The quantitative estimate of drug-likeness (QED) is 0.180. The van der Waals surface area contributed by atoms with Gasteiger partial charge >= 0.3 is 11.9 Å². The van der Waals surface area contributed by atoms with Crippen molar-refractivity contribution in [3.8, 4) is 17.2 Å². The van der Waals surface area contributed by atoms with Crippen molar-refractivity contribution in [2.75, 3.05) is 14.2 Å². The number of carboxylic acids is 1. The number of carbonyl (C=O) groups is 2. The van der Waals surface area contributed by atoms with Gasteiger partial charge in [-0.15, -0.1) is 0 Å². The Labute approximate surface area is 208 Å². The first kappa shape index (κ1) is 24.8. The fraction of sp³-hybridized carbons (Fsp3) is 0.125. The van der Waals surface area contributed by atoms with Crippen LogP contribution in [0.15, 0.2) is 62.5 Å². The number of non-ortho nitro benzene ring substituents is 1. The van der Waals surface area contributed by atoms with Crippen molar-refractivity contribution in [3.05, 3.63) is 81.5 Å². The number of carboxylic acid groups (broad SMARTS) is 1. The third-order valence-corrected chi connectivity index (χ3v) is 5.03. The summed E-state index contributed by atoms with van der Waals surface area (Å²) in [5.74, 6) is -0.972. The number of nitrogens with one attached hydrogen (secondary N) is 1. The number of hydrogen-bond donors (Lipinski definition) is 2. The zero-order chi connectivity index (χ0) is 26.5. The number of furan rings is 2. The van der Waals surface area contributed by atoms with E-state index in [1.807, 2.05) is 0 Å². The number of benzene rings is 2. The number of fused-ring (bicyclic) bond motifs is 1. The average molecular weight is 509 g/mol. The summed E-state index contributed by atoms with van der Waals surface area (Å²) in [5.41, 5.74) is 2.88. The third kappa shape index (κ3) is 5.51. The molecule has 0 fully saturated rings. The summed E-state index contributed by atoms with van der Waals surface area (Å²) in [6, 6.07) is 11.5. The van der Waals surface area contributed by atoms with Crippen LogP contribution in [0.2, 0.25) is 0 Å². The van der Waals surface area contributed by atoms with Gasteiger partial charge in [-0.2, -0.15) is 5.10 Å². The van der Waals surface area contributed by atoms with Gasteiger partial charge in [0.25, 0.3) is 5.69 Å². The molecule has 4 aromatic rings. The van der Waals surface area contributed by atoms with Gasteiger partial charge in [-0.25, -0.2) is 10.2 Å². The van der Waals surface area contributed by atoms with E-state index in [-0.39, 0.29) is 35.1 Å². The van der Waals surface area contributed by atoms with Crippen molar-refractivity contribution in [2.45, 2.75) is 6.61 Å². The summed E-state index contributed by atoms with van der Waals surface area (Å²) in [6.45, 7) is -0.0153. The lowest BCUT2D eigenvalue weighted by Crippen LogP contribution is -2.16. The Kier molecular flexibility index (Phi) is 7.04. The lowest BCUT2D eigenvalue weighted by Gasteiger charge is -2.10. The Hall–Kier alpha value is -5.33. The second-order valence-corrected chi connectivity index (χ2v) is 7.40. The molecule has 0 aliphatic heterocycles. The number of methoxy groups -OCH3 is 2. The zero-order valence-electron chi connectivity index (χ0n) is 19.4. The van der Waals surface area contributed by atoms with E-state index in [1.165, 1.54) is 50.8 Å². The molecule has 4 rings (SSSR count). The summed E-state index contributed by atoms with van der Waals surface area (Å²) in [7, 11) is 2.78. The monoisotopic (exact) mass is 509 g/mol. The van der Waals surface area contributed by atoms with Gasteiger partial charge in [0.05, 0.1) is 31.4 Å². The fourth-order valence-electron chi connectivity index (χ4n) is 3.30. The van der Waals surface area contributed by atoms with Crippen LogP contribution >= 0.6 is 0 Å². The van der Waals surface area contributed by atoms with Gasteiger partial charge in [-0.3, -0.25) is 14.9 Å². The second-order valence-electron chi connectivity index (χ2n) is 7.40. The van der Waals surface area contributed by atoms with E-state index in [4.69, 9.17) is 28.2 Å². The molecule has 0 saturated heterocycles. The molecule has 0 spiro atoms. The molecule has 13 heteroatoms. The summed E-state index contributed by atoms with van der Waals surface area (Å²) in [6.07, 6.45) is 1.37. The fourth-order valence-corrected chi connectivity index (χ4v) is 3.30. The number of hydrogen-bond acceptors (Lipinski definition) is 10. The smallest absolute Gasteiger partial charge is 0.371 e. The minimum atomic E-state index is -1.18. The molecule has 37 heavy (non-hydrogen) atoms. The van der Waals surface area contributed by atoms with Crippen molar-refractivity contribution in [2.24, 2.45) is 5.10 Å². The molecule has 2 heterocycles. The van der Waals surface area contributed by atoms with Gasteiger partial charge in [0.15, 0.2) is 28.6 Å². The molecule has 0 unspecified atom stereocenters. The molecule has 2 aromatic carbocycles. The molecule has 0 radical (unpaired) electrons. The lowest BCUT2D eigenvalue weighted by molar-refractivity contribution is -0.384. The van der Waals surface area contributed by atoms with Crippen molar-refractivity contribution in [1.29, 1.82) is 0 Å². The normalized spacial score (nSPS) is 11.0. The van der Waals surface area contributed by atoms with Crippen molar-refractivity contribution >= 4 is 34.7 Å². The molecule has 2 aromatic heterocycles. The standard InChI is InChI=1S/C24H19N3O10/c1-33-19-7-13(3-5-17(19)35-12-16-4-6-18(36-16)24(29)30)11-25-26-23(28)21-9-14-8-15(27(31)32)10-20(34-2)22(14)37-21/h3-11H,12H2,1-2H3,(H,26,28)(H,29,30)/b25-11-. The van der Waals surface area contributed by atoms with Crippen LogP contribution in [0.25, 0.3) is 11.0 Å². The number of aromatic carboxylic acids is 1. The first-order valence-corrected chi connectivity index (χ1v) is 10.5. The average Bonchev–Trinajstić information content (AvgIpc) is 3.54. The third-order valence-electron chi connectivity index (χ3n) is 5.03. The highest BCUT2D eigenvalue weighted by Crippen LogP contribution is 2.33. The Balaban J connectivity index is 1.42. The molecule has 2 N–H and O–H groups in total. The lowest BCUT2D eigenvalue weighted by atomic mass is 10.2. The molecular weight excluding hydrogens is 490 g/mol. The molecule has 0 aliphatic rings. The van der Waals surface area contributed by atoms with E-state index >= 15 is 0 Å². The summed E-state index contributed by atoms with van der Waals surface area (Å²) in [4.78, 5) is 33.9. The van der Waals surface area contributed by atoms with Crippen LogP contribution in [-0.2, 0) is 6.61 Å². The number of hydrazone groups is 1. The van der Waals surface area contributed by atoms with E-state index in [0.717, 1.165) is 0 Å². The second kappa shape index (κ2) is 10.5. The van der Waals surface area contributed by atoms with Crippen molar-refractivity contribution in [1.82, 2.24) is 5.43 Å². The molecule has 13 nitrogen and oxygen atoms in total. The molecule has 0 atom stereocenters. The Morgan fingerprint density at radius 1 is 1.03 bits per heavy atom. The van der Waals surface area contributed by atoms with Crippen LogP contribution in [0, 0.1) is 10.1 Å². The Morgan fingerprint density at radius 3 is 2.49 bits per heavy atom. The molecular formula is C24H19N3O10. The minimum absolute atomic E-state index is 0.0153. The Bertz CT molecular complexity index is 1520. The molecule has 1 amide bonds. The first-order valence-electron chi connectivity index (χ1n) is 10.5. The Morgan fingerprint density at radius 2 is 1.81 bits per heavy atom. The van der Waals surface area contributed by atoms with E-state index < -0.39 is 16.8 Å². The number of nitro benzene ring substituents is 1. The SMILES string of the molecule is COc1cc(/C=N\NC(=O)c2cc3cc([N+](=O)[O-])cc(OC)c3o2)ccc1OCc1ccc(C(=O)O)o1. The van der Waals surface area contributed by atoms with Gasteiger partial charge in [-0.05, 0) is 42.0 Å². The molecule has 0 bridgehead atoms. The van der Waals surface area contributed by atoms with Crippen LogP contribution in [0.1, 0.15) is 32.4 Å². The zero-order valence-corrected chi connectivity index (χ0v) is 19.4. The highest BCUT2D eigenvalue weighted by atomic mass is 16.6. The number of nitrogens with zero attached hydrogens (tertiary/aromatic N) is 2. The summed E-state index contributed by atoms with van der Waals surface area (Å²) >= 11 is 0. The van der Waals surface area contributed by atoms with Crippen molar-refractivity contribution < 1.29 is 42.7 Å². The van der Waals surface area contributed by atoms with E-state index in [2.05, 4.69) is 10.5 Å². The van der Waals surface area contributed by atoms with E-state index in [9.17, 15) is 19.7 Å². The summed E-state index contributed by atoms with van der Waals surface area (Å²) < 4.78 is 26.8. The topological polar surface area (TPSA) is 176 Å². The van der Waals surface area contributed by atoms with Crippen LogP contribution in [-0.4, -0.2) is 42.3 Å². The largest absolute Gasteiger partial charge is 0.493 e. The number of rotatable bonds is 10. The van der Waals surface area contributed by atoms with Gasteiger partial charge in [0.1, 0.15) is 12.4 Å². The molecule has 0 aliphatic carbocycles. The highest BCUT2D eigenvalue weighted by molar-refractivity contribution is 5.98. The number of ether oxygens (including phenoxy) is 3. The number of amides is 1. The van der Waals surface area contributed by atoms with E-state index in [0.29, 0.717) is 28.2 Å². The number of carbonyl (C=O) groups excluding carboxylic acids is 1. The molecule has 190 valence electrons. The predicted molar refractivity (Wildman–Crippen MR) is 127 cm³/mol. The summed E-state index contributed by atoms with van der Waals surface area (Å²) in [5, 5.41) is 24.3. The van der Waals surface area contributed by atoms with Gasteiger partial charge in [0, 0.05) is 11.5 Å². The minimum Gasteiger partial charge on any atom is -0.493 e. The van der Waals surface area contributed by atoms with Gasteiger partial charge in [-0.1, -0.05) is 0 Å². The van der Waals surface area contributed by atoms with Crippen molar-refractivity contribution in [3.63, 3.8) is 0 Å². The van der Waals surface area contributed by atoms with Crippen LogP contribution < -0.4 is 19.6 Å². The predicted octanol–water partition coefficient (Wildman–Crippen LogP) is 3.99. The van der Waals surface area contributed by atoms with E-state index in [1.54, 1.807) is 18.2 Å². The maximum absolute atomic E-state index is 12.5. The molecule has 0 saturated carbocycles. The first-order chi connectivity index (χ1) is 17.8. The van der Waals surface area contributed by atoms with Crippen LogP contribution in [0.4, 0.5) is 5.69 Å². The number of nitro groups is 1. The van der Waals surface area contributed by atoms with Gasteiger partial charge in [0.2, 0.25) is 5.76 Å². The van der Waals surface area contributed by atoms with Gasteiger partial charge < -0.3 is 28.2 Å². The highest BCUT2D eigenvalue weighted by Gasteiger charge is 2.19. The van der Waals surface area contributed by atoms with Crippen LogP contribution in [0.5, 0.6) is 17.2 Å². The maximum atomic E-state index is 12.5. The van der Waals surface area contributed by atoms with Crippen LogP contribution in [0.3, 0.4) is 0 Å². The maximum Gasteiger partial charge on any atom is 0.371 e.